The summed E-state index contributed by atoms with van der Waals surface area (Å²) in [7, 11) is 5.81. The highest BCUT2D eigenvalue weighted by molar-refractivity contribution is 8.76. The van der Waals surface area contributed by atoms with Gasteiger partial charge in [-0.3, -0.25) is 38.9 Å². The first-order valence-corrected chi connectivity index (χ1v) is 24.4. The fourth-order valence-corrected chi connectivity index (χ4v) is 10.1. The van der Waals surface area contributed by atoms with Gasteiger partial charge < -0.3 is 45.3 Å². The van der Waals surface area contributed by atoms with Gasteiger partial charge in [-0.25, -0.2) is 4.79 Å². The number of benzene rings is 1. The number of nitrogens with zero attached hydrogens (tertiary/aromatic N) is 1. The van der Waals surface area contributed by atoms with E-state index in [-0.39, 0.29) is 79.1 Å². The van der Waals surface area contributed by atoms with E-state index in [1.54, 1.807) is 44.2 Å². The second-order valence-electron chi connectivity index (χ2n) is 16.7. The summed E-state index contributed by atoms with van der Waals surface area (Å²) in [5, 5.41) is 19.5. The van der Waals surface area contributed by atoms with Gasteiger partial charge in [0.1, 0.15) is 18.8 Å². The minimum absolute atomic E-state index is 0.0638. The molecule has 0 unspecified atom stereocenters. The number of ketones is 2. The van der Waals surface area contributed by atoms with Crippen molar-refractivity contribution in [2.45, 2.75) is 96.8 Å². The zero-order valence-electron chi connectivity index (χ0n) is 38.4. The predicted octanol–water partition coefficient (Wildman–Crippen LogP) is 3.28. The molecule has 20 heteroatoms. The summed E-state index contributed by atoms with van der Waals surface area (Å²) in [6, 6.07) is 4.32. The minimum atomic E-state index is -1.03. The Morgan fingerprint density at radius 3 is 2.46 bits per heavy atom. The van der Waals surface area contributed by atoms with Crippen molar-refractivity contribution in [1.29, 1.82) is 0 Å². The molecule has 4 aliphatic rings. The number of allylic oxidation sites excluding steroid dienone is 4. The summed E-state index contributed by atoms with van der Waals surface area (Å²) in [5.74, 6) is -3.16. The van der Waals surface area contributed by atoms with E-state index in [9.17, 15) is 43.5 Å². The topological polar surface area (TPSA) is 259 Å². The number of nitrogens with two attached hydrogens (primary N) is 1. The summed E-state index contributed by atoms with van der Waals surface area (Å²) < 4.78 is 22.2. The third-order valence-corrected chi connectivity index (χ3v) is 14.2. The fraction of sp³-hybridized carbons (Fsp3) is 0.489. The molecule has 7 atom stereocenters. The van der Waals surface area contributed by atoms with Crippen LogP contribution in [0.2, 0.25) is 0 Å². The van der Waals surface area contributed by atoms with Crippen LogP contribution in [-0.4, -0.2) is 127 Å². The minimum Gasteiger partial charge on any atom is -0.465 e. The first kappa shape index (κ1) is 52.4. The average Bonchev–Trinajstić information content (AvgIpc) is 3.62. The molecule has 362 valence electrons. The number of carbonyl (C=O) groups is 8. The first-order chi connectivity index (χ1) is 31.9. The van der Waals surface area contributed by atoms with E-state index in [2.05, 4.69) is 16.0 Å². The normalized spacial score (nSPS) is 27.5. The predicted molar refractivity (Wildman–Crippen MR) is 250 cm³/mol. The lowest BCUT2D eigenvalue weighted by Gasteiger charge is -2.30. The van der Waals surface area contributed by atoms with E-state index in [0.717, 1.165) is 6.08 Å². The lowest BCUT2D eigenvalue weighted by atomic mass is 9.85. The van der Waals surface area contributed by atoms with Crippen molar-refractivity contribution in [1.82, 2.24) is 20.9 Å². The summed E-state index contributed by atoms with van der Waals surface area (Å²) in [4.78, 5) is 104. The monoisotopic (exact) mass is 965 g/mol. The molecule has 0 aromatic heterocycles. The van der Waals surface area contributed by atoms with Gasteiger partial charge in [0.2, 0.25) is 23.4 Å². The number of nitrogens with one attached hydrogen (secondary N) is 3. The Labute approximate surface area is 397 Å². The van der Waals surface area contributed by atoms with E-state index >= 15 is 0 Å². The molecular formula is C47H59N5O13S2. The van der Waals surface area contributed by atoms with E-state index < -0.39 is 71.8 Å². The molecule has 18 nitrogen and oxygen atoms in total. The second-order valence-corrected chi connectivity index (χ2v) is 19.4. The van der Waals surface area contributed by atoms with Crippen molar-refractivity contribution in [3.05, 3.63) is 93.4 Å². The molecule has 3 aliphatic heterocycles. The molecule has 0 radical (unpaired) electrons. The SMILES string of the molecule is CO[C@H]1/C=C\C=C(/C)C(=O)NC2=CC(=O)C(NCCSSCCOC(=O)Cc3cccc4c3CN([C@H]3CCC(=O)NC3=O)C4=O)=C(C[C@@H](C)C[C@H](OC)[C@@H](O)[C@@H](C)/C=C(\C)[C@@H]1OC(N)=O)C2=O. The molecule has 6 N–H and O–H groups in total. The Kier molecular flexibility index (Phi) is 19.1. The van der Waals surface area contributed by atoms with Crippen molar-refractivity contribution < 1.29 is 62.4 Å². The summed E-state index contributed by atoms with van der Waals surface area (Å²) in [6.45, 7) is 7.47. The third-order valence-electron chi connectivity index (χ3n) is 11.8. The number of aliphatic hydroxyl groups is 1. The van der Waals surface area contributed by atoms with E-state index in [1.807, 2.05) is 6.92 Å². The van der Waals surface area contributed by atoms with Crippen LogP contribution < -0.4 is 21.7 Å². The highest BCUT2D eigenvalue weighted by atomic mass is 33.1. The highest BCUT2D eigenvalue weighted by Gasteiger charge is 2.40. The average molecular weight is 966 g/mol. The van der Waals surface area contributed by atoms with Gasteiger partial charge in [0.15, 0.2) is 6.10 Å². The number of hydrogen-bond acceptors (Lipinski definition) is 16. The van der Waals surface area contributed by atoms with Gasteiger partial charge in [-0.15, -0.1) is 0 Å². The number of primary amides is 1. The molecule has 0 saturated carbocycles. The molecule has 1 fully saturated rings. The lowest BCUT2D eigenvalue weighted by molar-refractivity contribution is -0.142. The molecule has 1 saturated heterocycles. The summed E-state index contributed by atoms with van der Waals surface area (Å²) in [5.41, 5.74) is 7.95. The maximum absolute atomic E-state index is 14.1. The van der Waals surface area contributed by atoms with Crippen LogP contribution in [0.5, 0.6) is 0 Å². The number of rotatable bonds is 14. The fourth-order valence-electron chi connectivity index (χ4n) is 8.33. The van der Waals surface area contributed by atoms with Gasteiger partial charge in [-0.1, -0.05) is 71.9 Å². The summed E-state index contributed by atoms with van der Waals surface area (Å²) in [6.07, 6.45) is 3.60. The van der Waals surface area contributed by atoms with Crippen LogP contribution in [0.3, 0.4) is 0 Å². The maximum atomic E-state index is 14.1. The smallest absolute Gasteiger partial charge is 0.405 e. The van der Waals surface area contributed by atoms with Crippen LogP contribution in [-0.2, 0) is 60.7 Å². The number of methoxy groups -OCH3 is 2. The maximum Gasteiger partial charge on any atom is 0.405 e. The van der Waals surface area contributed by atoms with Crippen molar-refractivity contribution in [2.75, 3.05) is 38.9 Å². The van der Waals surface area contributed by atoms with Gasteiger partial charge in [0.05, 0.1) is 30.0 Å². The highest BCUT2D eigenvalue weighted by Crippen LogP contribution is 2.32. The molecule has 0 spiro atoms. The standard InChI is InChI=1S/C47H59N5O13S2/c1-25-19-31-40(49-15-17-66-67-18-16-64-39(55)22-29-10-8-11-30-32(29)24-52(46(30)60)34-13-14-38(54)51-45(34)59)35(53)23-33(42(31)57)50-44(58)26(2)9-7-12-36(62-5)43(65-47(48)61)28(4)21-27(3)41(56)37(20-25)63-6/h7-12,21,23,25,27,34,36-37,41,43,49,56H,13-20,22,24H2,1-6H3,(H2,48,61)(H,50,58)(H,51,54,59)/b12-7-,26-9+,28-21+/t25-,27+,34+,36+,37+,41+,43+/m1/s1. The van der Waals surface area contributed by atoms with Crippen molar-refractivity contribution in [2.24, 2.45) is 17.6 Å². The Morgan fingerprint density at radius 2 is 1.76 bits per heavy atom. The van der Waals surface area contributed by atoms with Crippen LogP contribution in [0.4, 0.5) is 4.79 Å². The van der Waals surface area contributed by atoms with Gasteiger partial charge in [0, 0.05) is 73.9 Å². The van der Waals surface area contributed by atoms with Crippen molar-refractivity contribution in [3.8, 4) is 0 Å². The quantitative estimate of drug-likeness (QED) is 0.0448. The van der Waals surface area contributed by atoms with Crippen molar-refractivity contribution in [3.63, 3.8) is 0 Å². The number of imide groups is 1. The lowest BCUT2D eigenvalue weighted by Crippen LogP contribution is -2.52. The van der Waals surface area contributed by atoms with Crippen LogP contribution in [0, 0.1) is 11.8 Å². The summed E-state index contributed by atoms with van der Waals surface area (Å²) >= 11 is 0. The number of ether oxygens (including phenoxy) is 4. The van der Waals surface area contributed by atoms with Crippen LogP contribution in [0.1, 0.15) is 74.9 Å². The Bertz CT molecular complexity index is 2270. The number of Topliss-reactive ketones (excluding diaryl/α,β-unsaturated/α-hetero) is 1. The zero-order chi connectivity index (χ0) is 48.9. The molecule has 1 aliphatic carbocycles. The van der Waals surface area contributed by atoms with Gasteiger partial charge >= 0.3 is 12.1 Å². The van der Waals surface area contributed by atoms with E-state index in [1.165, 1.54) is 59.8 Å². The third kappa shape index (κ3) is 13.8. The van der Waals surface area contributed by atoms with Crippen LogP contribution >= 0.6 is 21.6 Å². The van der Waals surface area contributed by atoms with Crippen LogP contribution in [0.25, 0.3) is 0 Å². The molecule has 5 rings (SSSR count). The molecular weight excluding hydrogens is 907 g/mol. The van der Waals surface area contributed by atoms with Crippen molar-refractivity contribution >= 4 is 68.8 Å². The molecule has 1 aromatic carbocycles. The number of esters is 1. The number of amides is 5. The molecule has 1 aromatic rings. The number of carbonyl (C=O) groups excluding carboxylic acids is 8. The largest absolute Gasteiger partial charge is 0.465 e. The second kappa shape index (κ2) is 24.5. The van der Waals surface area contributed by atoms with E-state index in [4.69, 9.17) is 24.7 Å². The first-order valence-electron chi connectivity index (χ1n) is 21.9. The number of fused-ring (bicyclic) bond motifs is 3. The van der Waals surface area contributed by atoms with Gasteiger partial charge in [0.25, 0.3) is 11.8 Å². The Balaban J connectivity index is 1.19. The molecule has 5 amide bonds. The molecule has 2 bridgehead atoms. The van der Waals surface area contributed by atoms with E-state index in [0.29, 0.717) is 46.7 Å². The number of piperidine rings is 1. The Hall–Kier alpha value is -5.54. The zero-order valence-corrected chi connectivity index (χ0v) is 40.1. The molecule has 67 heavy (non-hydrogen) atoms. The number of hydrogen-bond donors (Lipinski definition) is 5. The molecule has 3 heterocycles. The van der Waals surface area contributed by atoms with Gasteiger partial charge in [-0.2, -0.15) is 0 Å². The van der Waals surface area contributed by atoms with Crippen LogP contribution in [0.15, 0.2) is 76.7 Å². The van der Waals surface area contributed by atoms with Gasteiger partial charge in [-0.05, 0) is 61.8 Å². The number of aliphatic hydroxyl groups excluding tert-OH is 1. The Morgan fingerprint density at radius 1 is 1.01 bits per heavy atom.